The molecule has 1 fully saturated rings. The van der Waals surface area contributed by atoms with Gasteiger partial charge in [0, 0.05) is 30.5 Å². The Labute approximate surface area is 132 Å². The van der Waals surface area contributed by atoms with Crippen LogP contribution in [0.5, 0.6) is 0 Å². The van der Waals surface area contributed by atoms with Crippen molar-refractivity contribution in [3.05, 3.63) is 17.5 Å². The zero-order chi connectivity index (χ0) is 16.3. The van der Waals surface area contributed by atoms with Gasteiger partial charge in [-0.2, -0.15) is 0 Å². The summed E-state index contributed by atoms with van der Waals surface area (Å²) in [6.07, 6.45) is 1.40. The molecule has 0 spiro atoms. The van der Waals surface area contributed by atoms with E-state index in [9.17, 15) is 4.79 Å². The first-order chi connectivity index (χ1) is 10.2. The van der Waals surface area contributed by atoms with Crippen LogP contribution in [0.2, 0.25) is 0 Å². The van der Waals surface area contributed by atoms with Crippen LogP contribution in [0.3, 0.4) is 0 Å². The highest BCUT2D eigenvalue weighted by atomic mass is 16.6. The van der Waals surface area contributed by atoms with E-state index in [4.69, 9.17) is 4.74 Å². The molecular weight excluding hydrogens is 280 g/mol. The normalized spacial score (nSPS) is 16.5. The molecule has 6 nitrogen and oxygen atoms in total. The minimum atomic E-state index is -0.461. The number of anilines is 1. The number of amides is 1. The quantitative estimate of drug-likeness (QED) is 0.909. The Morgan fingerprint density at radius 3 is 2.27 bits per heavy atom. The average Bonchev–Trinajstić information content (AvgIpc) is 2.36. The highest BCUT2D eigenvalue weighted by Crippen LogP contribution is 2.17. The van der Waals surface area contributed by atoms with Crippen molar-refractivity contribution in [2.75, 3.05) is 18.0 Å². The Hall–Kier alpha value is -1.85. The van der Waals surface area contributed by atoms with Gasteiger partial charge in [0.05, 0.1) is 0 Å². The number of aryl methyl sites for hydroxylation is 2. The number of carbonyl (C=O) groups is 1. The predicted molar refractivity (Wildman–Crippen MR) is 86.1 cm³/mol. The molecule has 22 heavy (non-hydrogen) atoms. The largest absolute Gasteiger partial charge is 0.444 e. The van der Waals surface area contributed by atoms with E-state index in [1.165, 1.54) is 0 Å². The number of hydrogen-bond acceptors (Lipinski definition) is 5. The maximum atomic E-state index is 11.8. The van der Waals surface area contributed by atoms with Gasteiger partial charge in [-0.1, -0.05) is 0 Å². The summed E-state index contributed by atoms with van der Waals surface area (Å²) in [6.45, 7) is 11.2. The van der Waals surface area contributed by atoms with Gasteiger partial charge in [0.25, 0.3) is 0 Å². The maximum Gasteiger partial charge on any atom is 0.407 e. The molecule has 1 aromatic rings. The molecule has 1 aromatic heterocycles. The van der Waals surface area contributed by atoms with E-state index in [2.05, 4.69) is 20.2 Å². The molecule has 1 saturated heterocycles. The number of ether oxygens (including phenoxy) is 1. The molecule has 0 saturated carbocycles. The molecule has 0 aromatic carbocycles. The zero-order valence-electron chi connectivity index (χ0n) is 14.1. The molecule has 0 unspecified atom stereocenters. The molecule has 2 heterocycles. The van der Waals surface area contributed by atoms with E-state index in [0.717, 1.165) is 43.3 Å². The number of nitrogens with zero attached hydrogens (tertiary/aromatic N) is 3. The first-order valence-electron chi connectivity index (χ1n) is 7.80. The van der Waals surface area contributed by atoms with Crippen molar-refractivity contribution < 1.29 is 9.53 Å². The van der Waals surface area contributed by atoms with E-state index in [0.29, 0.717) is 0 Å². The number of aromatic nitrogens is 2. The summed E-state index contributed by atoms with van der Waals surface area (Å²) in [7, 11) is 0. The smallest absolute Gasteiger partial charge is 0.407 e. The molecule has 0 radical (unpaired) electrons. The lowest BCUT2D eigenvalue weighted by atomic mass is 10.1. The summed E-state index contributed by atoms with van der Waals surface area (Å²) in [5.74, 6) is 0.785. The second kappa shape index (κ2) is 6.50. The topological polar surface area (TPSA) is 67.4 Å². The number of rotatable bonds is 2. The second-order valence-corrected chi connectivity index (χ2v) is 6.86. The van der Waals surface area contributed by atoms with Crippen molar-refractivity contribution in [1.29, 1.82) is 0 Å². The molecule has 1 amide bonds. The number of nitrogens with one attached hydrogen (secondary N) is 1. The monoisotopic (exact) mass is 306 g/mol. The third-order valence-corrected chi connectivity index (χ3v) is 3.47. The predicted octanol–water partition coefficient (Wildman–Crippen LogP) is 2.59. The summed E-state index contributed by atoms with van der Waals surface area (Å²) >= 11 is 0. The molecule has 6 heteroatoms. The molecule has 2 rings (SSSR count). The number of piperidine rings is 1. The summed E-state index contributed by atoms with van der Waals surface area (Å²) in [5.41, 5.74) is 1.51. The van der Waals surface area contributed by atoms with Gasteiger partial charge in [-0.3, -0.25) is 0 Å². The molecule has 1 aliphatic heterocycles. The third kappa shape index (κ3) is 4.86. The third-order valence-electron chi connectivity index (χ3n) is 3.47. The van der Waals surface area contributed by atoms with Gasteiger partial charge in [0.2, 0.25) is 5.95 Å². The molecule has 0 atom stereocenters. The van der Waals surface area contributed by atoms with Gasteiger partial charge >= 0.3 is 6.09 Å². The Morgan fingerprint density at radius 1 is 1.23 bits per heavy atom. The van der Waals surface area contributed by atoms with Crippen molar-refractivity contribution >= 4 is 12.0 Å². The summed E-state index contributed by atoms with van der Waals surface area (Å²) in [6, 6.07) is 2.12. The molecule has 0 aliphatic carbocycles. The highest BCUT2D eigenvalue weighted by molar-refractivity contribution is 5.68. The summed E-state index contributed by atoms with van der Waals surface area (Å²) in [4.78, 5) is 23.0. The lowest BCUT2D eigenvalue weighted by molar-refractivity contribution is 0.0497. The van der Waals surface area contributed by atoms with Gasteiger partial charge < -0.3 is 15.0 Å². The molecule has 0 bridgehead atoms. The first kappa shape index (κ1) is 16.5. The van der Waals surface area contributed by atoms with Gasteiger partial charge in [0.15, 0.2) is 0 Å². The van der Waals surface area contributed by atoms with E-state index in [1.807, 2.05) is 40.7 Å². The average molecular weight is 306 g/mol. The van der Waals surface area contributed by atoms with Gasteiger partial charge in [0.1, 0.15) is 5.60 Å². The Morgan fingerprint density at radius 2 is 1.77 bits per heavy atom. The van der Waals surface area contributed by atoms with Crippen molar-refractivity contribution in [1.82, 2.24) is 15.3 Å². The lowest BCUT2D eigenvalue weighted by Gasteiger charge is -2.33. The van der Waals surface area contributed by atoms with Crippen LogP contribution in [-0.2, 0) is 4.74 Å². The number of alkyl carbamates (subject to hydrolysis) is 1. The fourth-order valence-electron chi connectivity index (χ4n) is 2.55. The fourth-order valence-corrected chi connectivity index (χ4v) is 2.55. The van der Waals surface area contributed by atoms with Crippen molar-refractivity contribution in [2.24, 2.45) is 0 Å². The highest BCUT2D eigenvalue weighted by Gasteiger charge is 2.24. The first-order valence-corrected chi connectivity index (χ1v) is 7.80. The van der Waals surface area contributed by atoms with Crippen molar-refractivity contribution in [2.45, 2.75) is 59.1 Å². The zero-order valence-corrected chi connectivity index (χ0v) is 14.1. The number of hydrogen-bond donors (Lipinski definition) is 1. The molecule has 122 valence electrons. The summed E-state index contributed by atoms with van der Waals surface area (Å²) in [5, 5.41) is 2.94. The Kier molecular flexibility index (Phi) is 4.88. The van der Waals surface area contributed by atoms with Crippen molar-refractivity contribution in [3.63, 3.8) is 0 Å². The minimum absolute atomic E-state index is 0.150. The standard InChI is InChI=1S/C16H26N4O2/c1-11-10-12(2)18-14(17-11)20-8-6-13(7-9-20)19-15(21)22-16(3,4)5/h10,13H,6-9H2,1-5H3,(H,19,21). The van der Waals surface area contributed by atoms with Crippen LogP contribution < -0.4 is 10.2 Å². The Bertz CT molecular complexity index is 511. The van der Waals surface area contributed by atoms with Crippen LogP contribution in [0.25, 0.3) is 0 Å². The van der Waals surface area contributed by atoms with Crippen LogP contribution in [0.4, 0.5) is 10.7 Å². The van der Waals surface area contributed by atoms with Crippen LogP contribution in [0.15, 0.2) is 6.07 Å². The molecule has 1 N–H and O–H groups in total. The van der Waals surface area contributed by atoms with Gasteiger partial charge in [-0.15, -0.1) is 0 Å². The SMILES string of the molecule is Cc1cc(C)nc(N2CCC(NC(=O)OC(C)(C)C)CC2)n1. The minimum Gasteiger partial charge on any atom is -0.444 e. The Balaban J connectivity index is 1.86. The fraction of sp³-hybridized carbons (Fsp3) is 0.688. The van der Waals surface area contributed by atoms with Gasteiger partial charge in [-0.05, 0) is 53.5 Å². The van der Waals surface area contributed by atoms with E-state index in [1.54, 1.807) is 0 Å². The van der Waals surface area contributed by atoms with E-state index < -0.39 is 5.60 Å². The van der Waals surface area contributed by atoms with Gasteiger partial charge in [-0.25, -0.2) is 14.8 Å². The summed E-state index contributed by atoms with van der Waals surface area (Å²) < 4.78 is 5.30. The van der Waals surface area contributed by atoms with Crippen LogP contribution in [0.1, 0.15) is 45.0 Å². The molecule has 1 aliphatic rings. The van der Waals surface area contributed by atoms with Crippen molar-refractivity contribution in [3.8, 4) is 0 Å². The lowest BCUT2D eigenvalue weighted by Crippen LogP contribution is -2.46. The maximum absolute atomic E-state index is 11.8. The molecular formula is C16H26N4O2. The van der Waals surface area contributed by atoms with Crippen LogP contribution >= 0.6 is 0 Å². The van der Waals surface area contributed by atoms with Crippen LogP contribution in [0, 0.1) is 13.8 Å². The van der Waals surface area contributed by atoms with Crippen LogP contribution in [-0.4, -0.2) is 40.8 Å². The number of carbonyl (C=O) groups excluding carboxylic acids is 1. The van der Waals surface area contributed by atoms with E-state index >= 15 is 0 Å². The second-order valence-electron chi connectivity index (χ2n) is 6.86. The van der Waals surface area contributed by atoms with E-state index in [-0.39, 0.29) is 12.1 Å².